The Labute approximate surface area is 144 Å². The fourth-order valence-corrected chi connectivity index (χ4v) is 3.89. The lowest BCUT2D eigenvalue weighted by Crippen LogP contribution is -2.49. The van der Waals surface area contributed by atoms with Crippen molar-refractivity contribution in [3.8, 4) is 0 Å². The molecule has 0 aliphatic carbocycles. The van der Waals surface area contributed by atoms with Gasteiger partial charge in [0.05, 0.1) is 12.1 Å². The number of alkyl halides is 2. The SMILES string of the molecule is O=C(/C=C/c1cccs1)N1CCC(O)(CN2CCC(F)(F)CC2)C1. The summed E-state index contributed by atoms with van der Waals surface area (Å²) < 4.78 is 26.4. The summed E-state index contributed by atoms with van der Waals surface area (Å²) in [6, 6.07) is 3.85. The summed E-state index contributed by atoms with van der Waals surface area (Å²) in [6.07, 6.45) is 3.47. The molecule has 7 heteroatoms. The van der Waals surface area contributed by atoms with Gasteiger partial charge in [-0.2, -0.15) is 0 Å². The number of hydrogen-bond acceptors (Lipinski definition) is 4. The standard InChI is InChI=1S/C17H22F2N2O2S/c18-17(19)6-8-20(9-7-17)12-16(23)5-10-21(13-16)15(22)4-3-14-2-1-11-24-14/h1-4,11,23H,5-10,12-13H2/b4-3+. The van der Waals surface area contributed by atoms with Crippen LogP contribution in [0.5, 0.6) is 0 Å². The van der Waals surface area contributed by atoms with Crippen molar-refractivity contribution < 1.29 is 18.7 Å². The molecule has 24 heavy (non-hydrogen) atoms. The van der Waals surface area contributed by atoms with E-state index in [9.17, 15) is 18.7 Å². The number of aliphatic hydroxyl groups is 1. The molecule has 4 nitrogen and oxygen atoms in total. The van der Waals surface area contributed by atoms with Gasteiger partial charge in [-0.15, -0.1) is 11.3 Å². The number of β-amino-alcohol motifs (C(OH)–C–C–N with tert-alkyl or cyclic N) is 1. The fourth-order valence-electron chi connectivity index (χ4n) is 3.27. The van der Waals surface area contributed by atoms with Crippen molar-refractivity contribution >= 4 is 23.3 Å². The molecule has 0 aromatic carbocycles. The summed E-state index contributed by atoms with van der Waals surface area (Å²) in [7, 11) is 0. The Kier molecular flexibility index (Phi) is 5.03. The van der Waals surface area contributed by atoms with Crippen LogP contribution in [0.1, 0.15) is 24.1 Å². The Balaban J connectivity index is 1.51. The summed E-state index contributed by atoms with van der Waals surface area (Å²) >= 11 is 1.56. The molecular formula is C17H22F2N2O2S. The van der Waals surface area contributed by atoms with Crippen LogP contribution < -0.4 is 0 Å². The number of likely N-dealkylation sites (tertiary alicyclic amines) is 2. The first-order chi connectivity index (χ1) is 11.4. The lowest BCUT2D eigenvalue weighted by atomic mass is 10.00. The minimum atomic E-state index is -2.58. The van der Waals surface area contributed by atoms with Crippen molar-refractivity contribution in [2.24, 2.45) is 0 Å². The second kappa shape index (κ2) is 6.90. The van der Waals surface area contributed by atoms with Gasteiger partial charge in [0.15, 0.2) is 0 Å². The van der Waals surface area contributed by atoms with E-state index in [1.54, 1.807) is 22.3 Å². The molecule has 1 aromatic rings. The van der Waals surface area contributed by atoms with E-state index >= 15 is 0 Å². The molecule has 132 valence electrons. The van der Waals surface area contributed by atoms with Crippen LogP contribution in [0.15, 0.2) is 23.6 Å². The van der Waals surface area contributed by atoms with Crippen LogP contribution in [0.2, 0.25) is 0 Å². The Hall–Kier alpha value is -1.31. The molecule has 3 rings (SSSR count). The van der Waals surface area contributed by atoms with Gasteiger partial charge in [-0.3, -0.25) is 9.69 Å². The zero-order valence-corrected chi connectivity index (χ0v) is 14.3. The number of carbonyl (C=O) groups excluding carboxylic acids is 1. The summed E-state index contributed by atoms with van der Waals surface area (Å²) in [5.74, 6) is -2.70. The fraction of sp³-hybridized carbons (Fsp3) is 0.588. The second-order valence-electron chi connectivity index (χ2n) is 6.71. The highest BCUT2D eigenvalue weighted by atomic mass is 32.1. The summed E-state index contributed by atoms with van der Waals surface area (Å²) in [5.41, 5.74) is -1.00. The molecule has 1 amide bonds. The van der Waals surface area contributed by atoms with Gasteiger partial charge in [-0.1, -0.05) is 6.07 Å². The Morgan fingerprint density at radius 3 is 2.71 bits per heavy atom. The van der Waals surface area contributed by atoms with Gasteiger partial charge in [0.25, 0.3) is 5.92 Å². The van der Waals surface area contributed by atoms with Crippen LogP contribution in [-0.4, -0.2) is 65.1 Å². The van der Waals surface area contributed by atoms with Gasteiger partial charge < -0.3 is 10.0 Å². The summed E-state index contributed by atoms with van der Waals surface area (Å²) in [6.45, 7) is 1.69. The first-order valence-electron chi connectivity index (χ1n) is 8.18. The predicted molar refractivity (Wildman–Crippen MR) is 90.1 cm³/mol. The molecule has 0 saturated carbocycles. The first kappa shape index (κ1) is 17.5. The van der Waals surface area contributed by atoms with Crippen molar-refractivity contribution in [1.29, 1.82) is 0 Å². The largest absolute Gasteiger partial charge is 0.387 e. The molecule has 1 aromatic heterocycles. The van der Waals surface area contributed by atoms with Gasteiger partial charge in [0.1, 0.15) is 0 Å². The van der Waals surface area contributed by atoms with Crippen LogP contribution in [0, 0.1) is 0 Å². The third-order valence-electron chi connectivity index (χ3n) is 4.68. The highest BCUT2D eigenvalue weighted by Crippen LogP contribution is 2.30. The van der Waals surface area contributed by atoms with Crippen molar-refractivity contribution in [1.82, 2.24) is 9.80 Å². The molecule has 3 heterocycles. The van der Waals surface area contributed by atoms with E-state index in [1.807, 2.05) is 22.4 Å². The van der Waals surface area contributed by atoms with E-state index in [-0.39, 0.29) is 25.3 Å². The number of nitrogens with zero attached hydrogens (tertiary/aromatic N) is 2. The van der Waals surface area contributed by atoms with Gasteiger partial charge in [-0.05, 0) is 23.9 Å². The van der Waals surface area contributed by atoms with Crippen molar-refractivity contribution in [3.63, 3.8) is 0 Å². The molecule has 1 atom stereocenters. The number of carbonyl (C=O) groups is 1. The van der Waals surface area contributed by atoms with E-state index in [0.29, 0.717) is 32.6 Å². The van der Waals surface area contributed by atoms with E-state index in [4.69, 9.17) is 0 Å². The van der Waals surface area contributed by atoms with Gasteiger partial charge >= 0.3 is 0 Å². The van der Waals surface area contributed by atoms with Crippen molar-refractivity contribution in [3.05, 3.63) is 28.5 Å². The zero-order valence-electron chi connectivity index (χ0n) is 13.5. The number of amides is 1. The molecule has 2 saturated heterocycles. The zero-order chi connectivity index (χ0) is 17.2. The van der Waals surface area contributed by atoms with Crippen LogP contribution in [0.25, 0.3) is 6.08 Å². The lowest BCUT2D eigenvalue weighted by Gasteiger charge is -2.36. The quantitative estimate of drug-likeness (QED) is 0.843. The van der Waals surface area contributed by atoms with Crippen LogP contribution in [0.4, 0.5) is 8.78 Å². The number of hydrogen-bond donors (Lipinski definition) is 1. The molecule has 0 radical (unpaired) electrons. The number of thiophene rings is 1. The number of piperidine rings is 1. The highest BCUT2D eigenvalue weighted by molar-refractivity contribution is 7.10. The molecular weight excluding hydrogens is 334 g/mol. The van der Waals surface area contributed by atoms with E-state index in [0.717, 1.165) is 4.88 Å². The molecule has 0 spiro atoms. The normalized spacial score (nSPS) is 27.9. The van der Waals surface area contributed by atoms with E-state index in [1.165, 1.54) is 6.08 Å². The molecule has 2 fully saturated rings. The maximum Gasteiger partial charge on any atom is 0.250 e. The van der Waals surface area contributed by atoms with Gasteiger partial charge in [-0.25, -0.2) is 8.78 Å². The Morgan fingerprint density at radius 1 is 1.29 bits per heavy atom. The third-order valence-corrected chi connectivity index (χ3v) is 5.52. The third kappa shape index (κ3) is 4.40. The summed E-state index contributed by atoms with van der Waals surface area (Å²) in [4.78, 5) is 16.7. The maximum absolute atomic E-state index is 13.2. The average Bonchev–Trinajstić information content (AvgIpc) is 3.17. The molecule has 1 N–H and O–H groups in total. The number of halogens is 2. The molecule has 2 aliphatic rings. The van der Waals surface area contributed by atoms with Crippen LogP contribution in [-0.2, 0) is 4.79 Å². The molecule has 2 aliphatic heterocycles. The van der Waals surface area contributed by atoms with E-state index in [2.05, 4.69) is 0 Å². The van der Waals surface area contributed by atoms with Crippen LogP contribution in [0.3, 0.4) is 0 Å². The average molecular weight is 356 g/mol. The van der Waals surface area contributed by atoms with Gasteiger partial charge in [0, 0.05) is 50.0 Å². The summed E-state index contributed by atoms with van der Waals surface area (Å²) in [5, 5.41) is 12.6. The Morgan fingerprint density at radius 2 is 2.04 bits per heavy atom. The topological polar surface area (TPSA) is 43.8 Å². The molecule has 0 bridgehead atoms. The van der Waals surface area contributed by atoms with Crippen molar-refractivity contribution in [2.75, 3.05) is 32.7 Å². The minimum Gasteiger partial charge on any atom is -0.387 e. The predicted octanol–water partition coefficient (Wildman–Crippen LogP) is 2.46. The lowest BCUT2D eigenvalue weighted by molar-refractivity contribution is -0.126. The Bertz CT molecular complexity index is 596. The highest BCUT2D eigenvalue weighted by Gasteiger charge is 2.41. The number of rotatable bonds is 4. The first-order valence-corrected chi connectivity index (χ1v) is 9.06. The van der Waals surface area contributed by atoms with Crippen molar-refractivity contribution in [2.45, 2.75) is 30.8 Å². The molecule has 1 unspecified atom stereocenters. The van der Waals surface area contributed by atoms with Gasteiger partial charge in [0.2, 0.25) is 5.91 Å². The maximum atomic E-state index is 13.2. The van der Waals surface area contributed by atoms with E-state index < -0.39 is 11.5 Å². The monoisotopic (exact) mass is 356 g/mol. The minimum absolute atomic E-state index is 0.121. The second-order valence-corrected chi connectivity index (χ2v) is 7.69. The van der Waals surface area contributed by atoms with Crippen LogP contribution >= 0.6 is 11.3 Å². The smallest absolute Gasteiger partial charge is 0.250 e.